The lowest BCUT2D eigenvalue weighted by Crippen LogP contribution is -2.42. The highest BCUT2D eigenvalue weighted by atomic mass is 32.1. The monoisotopic (exact) mass is 217 g/mol. The molecule has 0 spiro atoms. The Balaban J connectivity index is 4.53. The van der Waals surface area contributed by atoms with Crippen LogP contribution in [0, 0.1) is 0 Å². The second-order valence-electron chi connectivity index (χ2n) is 2.77. The van der Waals surface area contributed by atoms with E-state index in [9.17, 15) is 9.59 Å². The number of ketones is 1. The van der Waals surface area contributed by atoms with E-state index in [0.717, 1.165) is 0 Å². The van der Waals surface area contributed by atoms with E-state index >= 15 is 0 Å². The van der Waals surface area contributed by atoms with Gasteiger partial charge in [-0.15, -0.1) is 0 Å². The summed E-state index contributed by atoms with van der Waals surface area (Å²) in [5.41, 5.74) is 0.290. The summed E-state index contributed by atoms with van der Waals surface area (Å²) in [6.07, 6.45) is 1.53. The summed E-state index contributed by atoms with van der Waals surface area (Å²) in [5.74, 6) is -0.360. The molecular weight excluding hydrogens is 202 g/mol. The van der Waals surface area contributed by atoms with E-state index in [2.05, 4.69) is 17.9 Å². The maximum Gasteiger partial charge on any atom is 0.217 e. The lowest BCUT2D eigenvalue weighted by molar-refractivity contribution is -0.124. The summed E-state index contributed by atoms with van der Waals surface area (Å²) in [4.78, 5) is 22.3. The van der Waals surface area contributed by atoms with Crippen molar-refractivity contribution in [2.75, 3.05) is 12.4 Å². The van der Waals surface area contributed by atoms with E-state index < -0.39 is 6.04 Å². The predicted molar refractivity (Wildman–Crippen MR) is 57.3 cm³/mol. The molecule has 0 aliphatic heterocycles. The first-order valence-corrected chi connectivity index (χ1v) is 4.88. The fourth-order valence-corrected chi connectivity index (χ4v) is 1.23. The number of Topliss-reactive ketones (excluding diaryl/α,β-unsaturated/α-hetero) is 1. The zero-order chi connectivity index (χ0) is 11.1. The normalized spacial score (nSPS) is 13.6. The van der Waals surface area contributed by atoms with Crippen molar-refractivity contribution in [3.63, 3.8) is 0 Å². The van der Waals surface area contributed by atoms with Gasteiger partial charge in [0.15, 0.2) is 5.78 Å². The SMILES string of the molecule is CC=C(CO)C(=O)[C@H](CS)NC(C)=O. The molecule has 0 aliphatic carbocycles. The van der Waals surface area contributed by atoms with Gasteiger partial charge in [-0.25, -0.2) is 0 Å². The van der Waals surface area contributed by atoms with Crippen molar-refractivity contribution in [3.05, 3.63) is 11.6 Å². The van der Waals surface area contributed by atoms with E-state index in [-0.39, 0.29) is 29.6 Å². The first kappa shape index (κ1) is 13.2. The number of hydrogen-bond acceptors (Lipinski definition) is 4. The van der Waals surface area contributed by atoms with Crippen LogP contribution in [0.2, 0.25) is 0 Å². The summed E-state index contributed by atoms with van der Waals surface area (Å²) in [5, 5.41) is 11.3. The van der Waals surface area contributed by atoms with E-state index in [1.54, 1.807) is 6.92 Å². The van der Waals surface area contributed by atoms with Gasteiger partial charge in [0, 0.05) is 18.2 Å². The van der Waals surface area contributed by atoms with Gasteiger partial charge in [0.1, 0.15) is 6.04 Å². The summed E-state index contributed by atoms with van der Waals surface area (Å²) >= 11 is 3.96. The molecule has 0 aliphatic rings. The molecule has 0 heterocycles. The van der Waals surface area contributed by atoms with E-state index in [1.165, 1.54) is 13.0 Å². The minimum Gasteiger partial charge on any atom is -0.392 e. The zero-order valence-electron chi connectivity index (χ0n) is 8.28. The lowest BCUT2D eigenvalue weighted by atomic mass is 10.1. The van der Waals surface area contributed by atoms with Crippen molar-refractivity contribution in [1.29, 1.82) is 0 Å². The Bertz CT molecular complexity index is 250. The highest BCUT2D eigenvalue weighted by molar-refractivity contribution is 7.80. The molecular formula is C9H15NO3S. The largest absolute Gasteiger partial charge is 0.392 e. The molecule has 14 heavy (non-hydrogen) atoms. The van der Waals surface area contributed by atoms with Crippen LogP contribution in [0.15, 0.2) is 11.6 Å². The molecule has 0 unspecified atom stereocenters. The van der Waals surface area contributed by atoms with Gasteiger partial charge in [-0.05, 0) is 6.92 Å². The molecule has 0 fully saturated rings. The summed E-state index contributed by atoms with van der Waals surface area (Å²) in [7, 11) is 0. The second-order valence-corrected chi connectivity index (χ2v) is 3.14. The number of nitrogens with one attached hydrogen (secondary N) is 1. The van der Waals surface area contributed by atoms with Crippen LogP contribution in [0.3, 0.4) is 0 Å². The van der Waals surface area contributed by atoms with Crippen LogP contribution in [-0.2, 0) is 9.59 Å². The fourth-order valence-electron chi connectivity index (χ4n) is 0.975. The van der Waals surface area contributed by atoms with Crippen molar-refractivity contribution in [2.24, 2.45) is 0 Å². The highest BCUT2D eigenvalue weighted by Crippen LogP contribution is 2.01. The van der Waals surface area contributed by atoms with Gasteiger partial charge < -0.3 is 10.4 Å². The number of carbonyl (C=O) groups is 2. The molecule has 0 saturated carbocycles. The minimum absolute atomic E-state index is 0.218. The highest BCUT2D eigenvalue weighted by Gasteiger charge is 2.20. The van der Waals surface area contributed by atoms with Gasteiger partial charge >= 0.3 is 0 Å². The number of aliphatic hydroxyl groups excluding tert-OH is 1. The number of carbonyl (C=O) groups excluding carboxylic acids is 2. The molecule has 2 N–H and O–H groups in total. The van der Waals surface area contributed by atoms with Crippen LogP contribution in [-0.4, -0.2) is 35.2 Å². The smallest absolute Gasteiger partial charge is 0.217 e. The Kier molecular flexibility index (Phi) is 6.23. The van der Waals surface area contributed by atoms with Gasteiger partial charge in [0.25, 0.3) is 0 Å². The minimum atomic E-state index is -0.658. The van der Waals surface area contributed by atoms with Crippen LogP contribution >= 0.6 is 12.6 Å². The van der Waals surface area contributed by atoms with Crippen LogP contribution in [0.1, 0.15) is 13.8 Å². The molecule has 80 valence electrons. The van der Waals surface area contributed by atoms with Crippen LogP contribution in [0.5, 0.6) is 0 Å². The third kappa shape index (κ3) is 3.93. The number of allylic oxidation sites excluding steroid dienone is 1. The maximum absolute atomic E-state index is 11.6. The van der Waals surface area contributed by atoms with Gasteiger partial charge in [-0.1, -0.05) is 6.08 Å². The van der Waals surface area contributed by atoms with Gasteiger partial charge in [0.2, 0.25) is 5.91 Å². The summed E-state index contributed by atoms with van der Waals surface area (Å²) < 4.78 is 0. The van der Waals surface area contributed by atoms with Gasteiger partial charge in [-0.2, -0.15) is 12.6 Å². The number of thiol groups is 1. The van der Waals surface area contributed by atoms with Crippen LogP contribution in [0.4, 0.5) is 0 Å². The molecule has 4 nitrogen and oxygen atoms in total. The van der Waals surface area contributed by atoms with Crippen molar-refractivity contribution in [1.82, 2.24) is 5.32 Å². The van der Waals surface area contributed by atoms with Crippen molar-refractivity contribution in [2.45, 2.75) is 19.9 Å². The van der Waals surface area contributed by atoms with Crippen molar-refractivity contribution >= 4 is 24.3 Å². The molecule has 0 aromatic rings. The Morgan fingerprint density at radius 2 is 2.14 bits per heavy atom. The number of hydrogen-bond donors (Lipinski definition) is 3. The average molecular weight is 217 g/mol. The first-order valence-electron chi connectivity index (χ1n) is 4.25. The van der Waals surface area contributed by atoms with E-state index in [4.69, 9.17) is 5.11 Å². The Morgan fingerprint density at radius 3 is 2.43 bits per heavy atom. The zero-order valence-corrected chi connectivity index (χ0v) is 9.17. The number of amides is 1. The number of aliphatic hydroxyl groups is 1. The maximum atomic E-state index is 11.6. The quantitative estimate of drug-likeness (QED) is 0.446. The fraction of sp³-hybridized carbons (Fsp3) is 0.556. The number of rotatable bonds is 5. The Labute approximate surface area is 88.8 Å². The molecule has 5 heteroatoms. The van der Waals surface area contributed by atoms with E-state index in [1.807, 2.05) is 0 Å². The van der Waals surface area contributed by atoms with Crippen molar-refractivity contribution < 1.29 is 14.7 Å². The average Bonchev–Trinajstić information content (AvgIpc) is 2.15. The predicted octanol–water partition coefficient (Wildman–Crippen LogP) is -0.0714. The van der Waals surface area contributed by atoms with Gasteiger partial charge in [-0.3, -0.25) is 9.59 Å². The van der Waals surface area contributed by atoms with Crippen molar-refractivity contribution in [3.8, 4) is 0 Å². The standard InChI is InChI=1S/C9H15NO3S/c1-3-7(4-11)9(13)8(5-14)10-6(2)12/h3,8,11,14H,4-5H2,1-2H3,(H,10,12)/t8-/m0/s1. The first-order chi connectivity index (χ1) is 6.56. The molecule has 0 aromatic carbocycles. The summed E-state index contributed by atoms with van der Waals surface area (Å²) in [6.45, 7) is 2.67. The molecule has 1 atom stereocenters. The molecule has 0 radical (unpaired) electrons. The molecule has 1 amide bonds. The molecule has 0 aromatic heterocycles. The van der Waals surface area contributed by atoms with Gasteiger partial charge in [0.05, 0.1) is 6.61 Å². The Morgan fingerprint density at radius 1 is 1.57 bits per heavy atom. The summed E-state index contributed by atoms with van der Waals surface area (Å²) in [6, 6.07) is -0.658. The third-order valence-corrected chi connectivity index (χ3v) is 2.08. The van der Waals surface area contributed by atoms with Crippen LogP contribution in [0.25, 0.3) is 0 Å². The third-order valence-electron chi connectivity index (χ3n) is 1.71. The lowest BCUT2D eigenvalue weighted by Gasteiger charge is -2.14. The Hall–Kier alpha value is -0.810. The second kappa shape index (κ2) is 6.62. The molecule has 0 saturated heterocycles. The van der Waals surface area contributed by atoms with Crippen LogP contribution < -0.4 is 5.32 Å². The molecule has 0 rings (SSSR count). The van der Waals surface area contributed by atoms with E-state index in [0.29, 0.717) is 0 Å². The molecule has 0 bridgehead atoms. The topological polar surface area (TPSA) is 66.4 Å².